The zero-order chi connectivity index (χ0) is 4.28. The molecule has 0 fully saturated rings. The molecule has 0 unspecified atom stereocenters. The Morgan fingerprint density at radius 1 is 1.80 bits per heavy atom. The summed E-state index contributed by atoms with van der Waals surface area (Å²) in [5, 5.41) is 0. The van der Waals surface area contributed by atoms with Gasteiger partial charge in [0.1, 0.15) is 0 Å². The minimum Gasteiger partial charge on any atom is -0.174 e. The van der Waals surface area contributed by atoms with E-state index in [-0.39, 0.29) is 0 Å². The van der Waals surface area contributed by atoms with E-state index in [1.807, 2.05) is 0 Å². The molecule has 0 aliphatic carbocycles. The predicted octanol–water partition coefficient (Wildman–Crippen LogP) is 1.36. The number of hydrogen-bond acceptors (Lipinski definition) is 2. The van der Waals surface area contributed by atoms with Crippen LogP contribution in [-0.4, -0.2) is 5.75 Å². The van der Waals surface area contributed by atoms with Crippen LogP contribution in [0.4, 0.5) is 0 Å². The van der Waals surface area contributed by atoms with E-state index in [4.69, 9.17) is 0 Å². The van der Waals surface area contributed by atoms with Crippen LogP contribution in [0.15, 0.2) is 11.5 Å². The van der Waals surface area contributed by atoms with Crippen molar-refractivity contribution < 1.29 is 0 Å². The van der Waals surface area contributed by atoms with Gasteiger partial charge in [0.2, 0.25) is 0 Å². The van der Waals surface area contributed by atoms with Crippen molar-refractivity contribution in [3.05, 3.63) is 11.5 Å². The molecule has 5 heavy (non-hydrogen) atoms. The first-order valence-electron chi connectivity index (χ1n) is 1.25. The molecule has 0 atom stereocenters. The SMILES string of the molecule is C=C(S)CS. The van der Waals surface area contributed by atoms with Gasteiger partial charge in [-0.2, -0.15) is 12.6 Å². The third-order valence-corrected chi connectivity index (χ3v) is 0.972. The second-order valence-corrected chi connectivity index (χ2v) is 1.67. The van der Waals surface area contributed by atoms with Gasteiger partial charge in [0.15, 0.2) is 0 Å². The fourth-order valence-electron chi connectivity index (χ4n) is 0. The molecule has 2 heteroatoms. The first-order chi connectivity index (χ1) is 2.27. The van der Waals surface area contributed by atoms with Crippen molar-refractivity contribution in [2.45, 2.75) is 0 Å². The highest BCUT2D eigenvalue weighted by Crippen LogP contribution is 1.94. The summed E-state index contributed by atoms with van der Waals surface area (Å²) in [7, 11) is 0. The lowest BCUT2D eigenvalue weighted by Gasteiger charge is -1.78. The summed E-state index contributed by atoms with van der Waals surface area (Å²) in [6.07, 6.45) is 0. The average Bonchev–Trinajstić information content (AvgIpc) is 1.38. The van der Waals surface area contributed by atoms with Crippen LogP contribution in [0.1, 0.15) is 0 Å². The Kier molecular flexibility index (Phi) is 2.90. The molecule has 0 radical (unpaired) electrons. The average molecular weight is 106 g/mol. The van der Waals surface area contributed by atoms with Crippen LogP contribution in [0.2, 0.25) is 0 Å². The zero-order valence-electron chi connectivity index (χ0n) is 2.81. The minimum absolute atomic E-state index is 0.670. The van der Waals surface area contributed by atoms with Crippen molar-refractivity contribution in [1.82, 2.24) is 0 Å². The third kappa shape index (κ3) is 4.44. The Bertz CT molecular complexity index is 40.2. The van der Waals surface area contributed by atoms with Crippen LogP contribution in [-0.2, 0) is 0 Å². The largest absolute Gasteiger partial charge is 0.174 e. The summed E-state index contributed by atoms with van der Waals surface area (Å²) < 4.78 is 0. The van der Waals surface area contributed by atoms with Crippen molar-refractivity contribution in [2.75, 3.05) is 5.75 Å². The Hall–Kier alpha value is 0.440. The maximum Gasteiger partial charge on any atom is 0.0205 e. The van der Waals surface area contributed by atoms with Gasteiger partial charge in [0.05, 0.1) is 0 Å². The van der Waals surface area contributed by atoms with Crippen LogP contribution in [0, 0.1) is 0 Å². The molecule has 0 aromatic heterocycles. The monoisotopic (exact) mass is 106 g/mol. The molecule has 0 amide bonds. The van der Waals surface area contributed by atoms with E-state index in [9.17, 15) is 0 Å². The quantitative estimate of drug-likeness (QED) is 0.463. The summed E-state index contributed by atoms with van der Waals surface area (Å²) in [6, 6.07) is 0. The van der Waals surface area contributed by atoms with E-state index in [2.05, 4.69) is 31.8 Å². The van der Waals surface area contributed by atoms with E-state index in [1.165, 1.54) is 0 Å². The van der Waals surface area contributed by atoms with E-state index >= 15 is 0 Å². The van der Waals surface area contributed by atoms with Crippen molar-refractivity contribution in [3.63, 3.8) is 0 Å². The normalized spacial score (nSPS) is 7.60. The summed E-state index contributed by atoms with van der Waals surface area (Å²) >= 11 is 7.67. The lowest BCUT2D eigenvalue weighted by molar-refractivity contribution is 1.79. The van der Waals surface area contributed by atoms with Gasteiger partial charge >= 0.3 is 0 Å². The van der Waals surface area contributed by atoms with Gasteiger partial charge in [-0.05, 0) is 4.91 Å². The maximum absolute atomic E-state index is 3.84. The van der Waals surface area contributed by atoms with E-state index in [0.29, 0.717) is 5.75 Å². The number of hydrogen-bond donors (Lipinski definition) is 2. The summed E-state index contributed by atoms with van der Waals surface area (Å²) in [5.41, 5.74) is 0. The standard InChI is InChI=1S/C3H6S2/c1-3(5)2-4/h4-5H,1-2H2. The Labute approximate surface area is 43.1 Å². The Morgan fingerprint density at radius 2 is 2.00 bits per heavy atom. The van der Waals surface area contributed by atoms with E-state index in [1.54, 1.807) is 0 Å². The van der Waals surface area contributed by atoms with Gasteiger partial charge in [-0.1, -0.05) is 6.58 Å². The second kappa shape index (κ2) is 2.67. The molecule has 0 bridgehead atoms. The van der Waals surface area contributed by atoms with Gasteiger partial charge in [-0.15, -0.1) is 12.6 Å². The smallest absolute Gasteiger partial charge is 0.0205 e. The van der Waals surface area contributed by atoms with Crippen LogP contribution < -0.4 is 0 Å². The Balaban J connectivity index is 2.85. The van der Waals surface area contributed by atoms with Crippen molar-refractivity contribution in [2.24, 2.45) is 0 Å². The van der Waals surface area contributed by atoms with E-state index in [0.717, 1.165) is 4.91 Å². The van der Waals surface area contributed by atoms with E-state index < -0.39 is 0 Å². The molecule has 0 aliphatic heterocycles. The minimum atomic E-state index is 0.670. The first-order valence-corrected chi connectivity index (χ1v) is 2.33. The maximum atomic E-state index is 3.84. The highest BCUT2D eigenvalue weighted by Gasteiger charge is 1.69. The summed E-state index contributed by atoms with van der Waals surface area (Å²) in [5.74, 6) is 0.670. The molecular weight excluding hydrogens is 100 g/mol. The topological polar surface area (TPSA) is 0 Å². The van der Waals surface area contributed by atoms with Crippen molar-refractivity contribution in [3.8, 4) is 0 Å². The molecule has 0 aromatic rings. The highest BCUT2D eigenvalue weighted by atomic mass is 32.1. The van der Waals surface area contributed by atoms with Crippen LogP contribution in [0.3, 0.4) is 0 Å². The Morgan fingerprint density at radius 3 is 2.00 bits per heavy atom. The summed E-state index contributed by atoms with van der Waals surface area (Å²) in [6.45, 7) is 3.46. The highest BCUT2D eigenvalue weighted by molar-refractivity contribution is 7.87. The van der Waals surface area contributed by atoms with Crippen LogP contribution in [0.5, 0.6) is 0 Å². The van der Waals surface area contributed by atoms with Crippen LogP contribution >= 0.6 is 25.3 Å². The molecule has 0 nitrogen and oxygen atoms in total. The number of rotatable bonds is 1. The molecule has 0 aliphatic rings. The lowest BCUT2D eigenvalue weighted by atomic mass is 10.7. The molecule has 0 saturated carbocycles. The molecule has 0 N–H and O–H groups in total. The molecular formula is C3H6S2. The van der Waals surface area contributed by atoms with Gasteiger partial charge in [-0.3, -0.25) is 0 Å². The molecule has 0 heterocycles. The molecule has 0 aromatic carbocycles. The van der Waals surface area contributed by atoms with Gasteiger partial charge in [0.25, 0.3) is 0 Å². The zero-order valence-corrected chi connectivity index (χ0v) is 4.60. The molecule has 30 valence electrons. The molecule has 0 rings (SSSR count). The fraction of sp³-hybridized carbons (Fsp3) is 0.333. The van der Waals surface area contributed by atoms with Crippen molar-refractivity contribution in [1.29, 1.82) is 0 Å². The van der Waals surface area contributed by atoms with Gasteiger partial charge in [0, 0.05) is 5.75 Å². The van der Waals surface area contributed by atoms with Gasteiger partial charge in [-0.25, -0.2) is 0 Å². The molecule has 0 spiro atoms. The summed E-state index contributed by atoms with van der Waals surface area (Å²) in [4.78, 5) is 0.813. The third-order valence-electron chi connectivity index (χ3n) is 0.183. The van der Waals surface area contributed by atoms with Crippen molar-refractivity contribution >= 4 is 25.3 Å². The fourth-order valence-corrected chi connectivity index (χ4v) is 0. The first kappa shape index (κ1) is 5.44. The lowest BCUT2D eigenvalue weighted by Crippen LogP contribution is -1.61. The number of thiol groups is 2. The van der Waals surface area contributed by atoms with Gasteiger partial charge < -0.3 is 0 Å². The second-order valence-electron chi connectivity index (χ2n) is 0.724. The van der Waals surface area contributed by atoms with Crippen LogP contribution in [0.25, 0.3) is 0 Å². The predicted molar refractivity (Wildman–Crippen MR) is 32.0 cm³/mol. The molecule has 0 saturated heterocycles.